The highest BCUT2D eigenvalue weighted by Gasteiger charge is 2.77. The van der Waals surface area contributed by atoms with Crippen molar-refractivity contribution in [2.75, 3.05) is 26.4 Å². The van der Waals surface area contributed by atoms with Gasteiger partial charge in [0.1, 0.15) is 0 Å². The summed E-state index contributed by atoms with van der Waals surface area (Å²) in [7, 11) is -3.81. The lowest BCUT2D eigenvalue weighted by Crippen LogP contribution is -2.32. The lowest BCUT2D eigenvalue weighted by Gasteiger charge is -2.25. The highest BCUT2D eigenvalue weighted by molar-refractivity contribution is 7.57. The predicted molar refractivity (Wildman–Crippen MR) is 75.0 cm³/mol. The van der Waals surface area contributed by atoms with Crippen LogP contribution in [0.2, 0.25) is 0 Å². The Morgan fingerprint density at radius 3 is 1.95 bits per heavy atom. The van der Waals surface area contributed by atoms with E-state index in [0.717, 1.165) is 0 Å². The van der Waals surface area contributed by atoms with Gasteiger partial charge in [0, 0.05) is 0 Å². The molecule has 122 valence electrons. The third kappa shape index (κ3) is 3.30. The van der Waals surface area contributed by atoms with Gasteiger partial charge in [0.25, 0.3) is 0 Å². The van der Waals surface area contributed by atoms with E-state index < -0.39 is 30.6 Å². The molecule has 7 nitrogen and oxygen atoms in total. The molecule has 0 aliphatic heterocycles. The molecule has 0 aromatic carbocycles. The Labute approximate surface area is 124 Å². The molecule has 0 unspecified atom stereocenters. The molecule has 1 rings (SSSR count). The molecule has 0 saturated heterocycles. The second kappa shape index (κ2) is 7.38. The molecule has 0 aromatic heterocycles. The highest BCUT2D eigenvalue weighted by atomic mass is 31.2. The van der Waals surface area contributed by atoms with Crippen molar-refractivity contribution in [2.45, 2.75) is 39.3 Å². The van der Waals surface area contributed by atoms with Gasteiger partial charge in [0.15, 0.2) is 5.16 Å². The van der Waals surface area contributed by atoms with E-state index in [-0.39, 0.29) is 32.8 Å². The van der Waals surface area contributed by atoms with E-state index in [9.17, 15) is 14.2 Å². The third-order valence-corrected chi connectivity index (χ3v) is 6.07. The average Bonchev–Trinajstić information content (AvgIpc) is 3.17. The standard InChI is InChI=1S/C13H23O7P/c1-5-17-11(14)10-9-13(10,12(15)18-6-2)21(16,19-7-3)20-8-4/h10H,5-9H2,1-4H3/t10-,13+/m0/s1. The molecule has 1 aliphatic rings. The zero-order valence-corrected chi connectivity index (χ0v) is 13.8. The van der Waals surface area contributed by atoms with Crippen molar-refractivity contribution in [2.24, 2.45) is 5.92 Å². The Kier molecular flexibility index (Phi) is 6.38. The number of carbonyl (C=O) groups excluding carboxylic acids is 2. The van der Waals surface area contributed by atoms with E-state index >= 15 is 0 Å². The molecular formula is C13H23O7P. The van der Waals surface area contributed by atoms with Crippen LogP contribution < -0.4 is 0 Å². The maximum absolute atomic E-state index is 13.0. The van der Waals surface area contributed by atoms with Crippen molar-refractivity contribution in [1.29, 1.82) is 0 Å². The molecule has 0 bridgehead atoms. The second-order valence-electron chi connectivity index (χ2n) is 4.49. The van der Waals surface area contributed by atoms with Crippen LogP contribution in [0, 0.1) is 5.92 Å². The van der Waals surface area contributed by atoms with Crippen LogP contribution in [0.5, 0.6) is 0 Å². The Hall–Kier alpha value is -0.910. The fraction of sp³-hybridized carbons (Fsp3) is 0.846. The molecule has 0 radical (unpaired) electrons. The van der Waals surface area contributed by atoms with Gasteiger partial charge in [-0.05, 0) is 34.1 Å². The van der Waals surface area contributed by atoms with Crippen LogP contribution in [0.1, 0.15) is 34.1 Å². The van der Waals surface area contributed by atoms with Crippen LogP contribution in [0.4, 0.5) is 0 Å². The Bertz CT molecular complexity index is 426. The molecule has 0 amide bonds. The van der Waals surface area contributed by atoms with Crippen LogP contribution in [0.15, 0.2) is 0 Å². The van der Waals surface area contributed by atoms with Gasteiger partial charge >= 0.3 is 19.5 Å². The minimum Gasteiger partial charge on any atom is -0.466 e. The molecule has 1 saturated carbocycles. The minimum absolute atomic E-state index is 0.0575. The SMILES string of the molecule is CCOC(=O)[C@@H]1C[C@@]1(C(=O)OCC)P(=O)(OCC)OCC. The average molecular weight is 322 g/mol. The Balaban J connectivity index is 3.12. The topological polar surface area (TPSA) is 88.1 Å². The monoisotopic (exact) mass is 322 g/mol. The van der Waals surface area contributed by atoms with Gasteiger partial charge in [-0.25, -0.2) is 0 Å². The molecular weight excluding hydrogens is 299 g/mol. The summed E-state index contributed by atoms with van der Waals surface area (Å²) in [5.41, 5.74) is 0. The van der Waals surface area contributed by atoms with Crippen LogP contribution >= 0.6 is 7.60 Å². The molecule has 0 heterocycles. The van der Waals surface area contributed by atoms with Crippen molar-refractivity contribution in [3.05, 3.63) is 0 Å². The summed E-state index contributed by atoms with van der Waals surface area (Å²) in [6, 6.07) is 0. The molecule has 2 atom stereocenters. The maximum Gasteiger partial charge on any atom is 0.348 e. The fourth-order valence-corrected chi connectivity index (χ4v) is 4.67. The number of hydrogen-bond acceptors (Lipinski definition) is 7. The lowest BCUT2D eigenvalue weighted by atomic mass is 10.3. The maximum atomic E-state index is 13.0. The molecule has 0 aromatic rings. The van der Waals surface area contributed by atoms with Gasteiger partial charge in [0.2, 0.25) is 0 Å². The van der Waals surface area contributed by atoms with Gasteiger partial charge in [-0.1, -0.05) is 0 Å². The molecule has 0 spiro atoms. The summed E-state index contributed by atoms with van der Waals surface area (Å²) in [5, 5.41) is -1.57. The molecule has 21 heavy (non-hydrogen) atoms. The predicted octanol–water partition coefficient (Wildman–Crippen LogP) is 2.14. The summed E-state index contributed by atoms with van der Waals surface area (Å²) < 4.78 is 33.4. The number of hydrogen-bond donors (Lipinski definition) is 0. The first kappa shape index (κ1) is 18.1. The van der Waals surface area contributed by atoms with Crippen molar-refractivity contribution in [3.8, 4) is 0 Å². The summed E-state index contributed by atoms with van der Waals surface area (Å²) >= 11 is 0. The quantitative estimate of drug-likeness (QED) is 0.474. The largest absolute Gasteiger partial charge is 0.466 e. The molecule has 1 aliphatic carbocycles. The van der Waals surface area contributed by atoms with Crippen LogP contribution in [-0.2, 0) is 32.7 Å². The van der Waals surface area contributed by atoms with Crippen molar-refractivity contribution in [1.82, 2.24) is 0 Å². The summed E-state index contributed by atoms with van der Waals surface area (Å²) in [6.45, 7) is 7.10. The van der Waals surface area contributed by atoms with E-state index in [1.54, 1.807) is 27.7 Å². The van der Waals surface area contributed by atoms with Crippen molar-refractivity contribution >= 4 is 19.5 Å². The molecule has 1 fully saturated rings. The highest BCUT2D eigenvalue weighted by Crippen LogP contribution is 2.74. The number of rotatable bonds is 9. The van der Waals surface area contributed by atoms with E-state index in [1.807, 2.05) is 0 Å². The van der Waals surface area contributed by atoms with E-state index in [2.05, 4.69) is 0 Å². The van der Waals surface area contributed by atoms with E-state index in [4.69, 9.17) is 18.5 Å². The van der Waals surface area contributed by atoms with Gasteiger partial charge in [-0.15, -0.1) is 0 Å². The second-order valence-corrected chi connectivity index (χ2v) is 6.80. The first-order chi connectivity index (χ1) is 9.93. The Morgan fingerprint density at radius 1 is 1.00 bits per heavy atom. The number of ether oxygens (including phenoxy) is 2. The van der Waals surface area contributed by atoms with Crippen LogP contribution in [-0.4, -0.2) is 43.5 Å². The number of carbonyl (C=O) groups is 2. The van der Waals surface area contributed by atoms with Crippen molar-refractivity contribution in [3.63, 3.8) is 0 Å². The van der Waals surface area contributed by atoms with Gasteiger partial charge in [-0.2, -0.15) is 0 Å². The van der Waals surface area contributed by atoms with Crippen LogP contribution in [0.25, 0.3) is 0 Å². The summed E-state index contributed by atoms with van der Waals surface area (Å²) in [6.07, 6.45) is 0.0575. The molecule has 8 heteroatoms. The zero-order chi connectivity index (χ0) is 16.1. The first-order valence-electron chi connectivity index (χ1n) is 7.16. The summed E-state index contributed by atoms with van der Waals surface area (Å²) in [4.78, 5) is 24.2. The van der Waals surface area contributed by atoms with Crippen molar-refractivity contribution < 1.29 is 32.7 Å². The van der Waals surface area contributed by atoms with Gasteiger partial charge in [-0.3, -0.25) is 14.2 Å². The van der Waals surface area contributed by atoms with Crippen LogP contribution in [0.3, 0.4) is 0 Å². The minimum atomic E-state index is -3.81. The fourth-order valence-electron chi connectivity index (χ4n) is 2.28. The summed E-state index contributed by atoms with van der Waals surface area (Å²) in [5.74, 6) is -2.15. The third-order valence-electron chi connectivity index (χ3n) is 3.22. The lowest BCUT2D eigenvalue weighted by molar-refractivity contribution is -0.150. The molecule has 0 N–H and O–H groups in total. The zero-order valence-electron chi connectivity index (χ0n) is 12.9. The van der Waals surface area contributed by atoms with E-state index in [1.165, 1.54) is 0 Å². The van der Waals surface area contributed by atoms with E-state index in [0.29, 0.717) is 0 Å². The van der Waals surface area contributed by atoms with Gasteiger partial charge in [0.05, 0.1) is 32.3 Å². The van der Waals surface area contributed by atoms with Gasteiger partial charge < -0.3 is 18.5 Å². The first-order valence-corrected chi connectivity index (χ1v) is 8.70. The normalized spacial score (nSPS) is 24.5. The smallest absolute Gasteiger partial charge is 0.348 e. The number of esters is 2. The Morgan fingerprint density at radius 2 is 1.52 bits per heavy atom.